The number of nitrogens with one attached hydrogen (secondary N) is 2. The van der Waals surface area contributed by atoms with Crippen molar-refractivity contribution in [1.29, 1.82) is 0 Å². The van der Waals surface area contributed by atoms with Gasteiger partial charge in [-0.3, -0.25) is 14.6 Å². The van der Waals surface area contributed by atoms with Gasteiger partial charge in [-0.2, -0.15) is 5.10 Å². The predicted molar refractivity (Wildman–Crippen MR) is 84.7 cm³/mol. The van der Waals surface area contributed by atoms with Crippen LogP contribution in [0.2, 0.25) is 0 Å². The molecule has 0 saturated heterocycles. The second-order valence-electron chi connectivity index (χ2n) is 4.64. The summed E-state index contributed by atoms with van der Waals surface area (Å²) in [4.78, 5) is 26.8. The van der Waals surface area contributed by atoms with E-state index in [1.807, 2.05) is 12.1 Å². The zero-order chi connectivity index (χ0) is 15.9. The summed E-state index contributed by atoms with van der Waals surface area (Å²) in [5.41, 5.74) is 5.10. The highest BCUT2D eigenvalue weighted by Crippen LogP contribution is 2.11. The maximum atomic E-state index is 11.9. The standard InChI is InChI=1S/C16H16N4O2/c1-11(14-4-3-5-15(10-14)18-12(2)21)19-20-16(22)13-6-8-17-9-7-13/h3-10H,1-2H3,(H,18,21)(H,20,22)/b19-11-. The average molecular weight is 296 g/mol. The lowest BCUT2D eigenvalue weighted by Gasteiger charge is -2.06. The van der Waals surface area contributed by atoms with Gasteiger partial charge in [-0.05, 0) is 36.8 Å². The Hall–Kier alpha value is -3.02. The van der Waals surface area contributed by atoms with Crippen molar-refractivity contribution in [2.45, 2.75) is 13.8 Å². The molecule has 22 heavy (non-hydrogen) atoms. The van der Waals surface area contributed by atoms with E-state index in [1.165, 1.54) is 6.92 Å². The maximum absolute atomic E-state index is 11.9. The SMILES string of the molecule is CC(=O)Nc1cccc(/C(C)=N\NC(=O)c2ccncc2)c1. The number of benzene rings is 1. The maximum Gasteiger partial charge on any atom is 0.271 e. The molecule has 2 rings (SSSR count). The average Bonchev–Trinajstić information content (AvgIpc) is 2.52. The molecule has 112 valence electrons. The molecular weight excluding hydrogens is 280 g/mol. The molecule has 0 unspecified atom stereocenters. The number of pyridine rings is 1. The van der Waals surface area contributed by atoms with Gasteiger partial charge in [0.1, 0.15) is 0 Å². The molecule has 1 aromatic carbocycles. The van der Waals surface area contributed by atoms with Crippen LogP contribution in [0.4, 0.5) is 5.69 Å². The van der Waals surface area contributed by atoms with E-state index in [2.05, 4.69) is 20.8 Å². The Kier molecular flexibility index (Phi) is 4.98. The number of rotatable bonds is 4. The summed E-state index contributed by atoms with van der Waals surface area (Å²) in [6.45, 7) is 3.22. The van der Waals surface area contributed by atoms with Crippen LogP contribution in [0, 0.1) is 0 Å². The number of hydrazone groups is 1. The van der Waals surface area contributed by atoms with E-state index in [0.717, 1.165) is 5.56 Å². The molecule has 1 heterocycles. The van der Waals surface area contributed by atoms with E-state index in [0.29, 0.717) is 17.0 Å². The van der Waals surface area contributed by atoms with Gasteiger partial charge >= 0.3 is 0 Å². The van der Waals surface area contributed by atoms with Crippen molar-refractivity contribution in [3.05, 3.63) is 59.9 Å². The number of amides is 2. The molecule has 0 saturated carbocycles. The largest absolute Gasteiger partial charge is 0.326 e. The van der Waals surface area contributed by atoms with Gasteiger partial charge in [0.15, 0.2) is 0 Å². The van der Waals surface area contributed by atoms with Crippen LogP contribution in [0.25, 0.3) is 0 Å². The first-order valence-electron chi connectivity index (χ1n) is 6.69. The van der Waals surface area contributed by atoms with Gasteiger partial charge < -0.3 is 5.32 Å². The molecule has 2 N–H and O–H groups in total. The minimum Gasteiger partial charge on any atom is -0.326 e. The van der Waals surface area contributed by atoms with Crippen molar-refractivity contribution in [2.75, 3.05) is 5.32 Å². The van der Waals surface area contributed by atoms with Crippen LogP contribution < -0.4 is 10.7 Å². The summed E-state index contributed by atoms with van der Waals surface area (Å²) < 4.78 is 0. The second kappa shape index (κ2) is 7.12. The third-order valence-corrected chi connectivity index (χ3v) is 2.87. The molecule has 0 bridgehead atoms. The van der Waals surface area contributed by atoms with E-state index in [1.54, 1.807) is 43.6 Å². The zero-order valence-corrected chi connectivity index (χ0v) is 12.3. The summed E-state index contributed by atoms with van der Waals surface area (Å²) in [6.07, 6.45) is 3.09. The Morgan fingerprint density at radius 2 is 1.77 bits per heavy atom. The Morgan fingerprint density at radius 3 is 2.45 bits per heavy atom. The Labute approximate surface area is 128 Å². The number of aromatic nitrogens is 1. The first-order chi connectivity index (χ1) is 10.6. The summed E-state index contributed by atoms with van der Waals surface area (Å²) in [7, 11) is 0. The van der Waals surface area contributed by atoms with Crippen molar-refractivity contribution < 1.29 is 9.59 Å². The molecule has 0 spiro atoms. The number of anilines is 1. The highest BCUT2D eigenvalue weighted by Gasteiger charge is 2.05. The number of hydrogen-bond acceptors (Lipinski definition) is 4. The van der Waals surface area contributed by atoms with Crippen molar-refractivity contribution in [2.24, 2.45) is 5.10 Å². The van der Waals surface area contributed by atoms with Crippen LogP contribution in [0.3, 0.4) is 0 Å². The summed E-state index contributed by atoms with van der Waals surface area (Å²) in [5, 5.41) is 6.78. The van der Waals surface area contributed by atoms with Gasteiger partial charge in [-0.15, -0.1) is 0 Å². The predicted octanol–water partition coefficient (Wildman–Crippen LogP) is 2.19. The van der Waals surface area contributed by atoms with Gasteiger partial charge in [0, 0.05) is 30.6 Å². The molecule has 0 aliphatic heterocycles. The molecule has 0 atom stereocenters. The van der Waals surface area contributed by atoms with Crippen molar-refractivity contribution >= 4 is 23.2 Å². The molecule has 0 radical (unpaired) electrons. The minimum absolute atomic E-state index is 0.141. The highest BCUT2D eigenvalue weighted by atomic mass is 16.2. The van der Waals surface area contributed by atoms with Crippen molar-refractivity contribution in [3.8, 4) is 0 Å². The fraction of sp³-hybridized carbons (Fsp3) is 0.125. The number of hydrogen-bond donors (Lipinski definition) is 2. The molecule has 0 fully saturated rings. The van der Waals surface area contributed by atoms with E-state index in [-0.39, 0.29) is 11.8 Å². The van der Waals surface area contributed by atoms with Crippen LogP contribution >= 0.6 is 0 Å². The molecule has 1 aromatic heterocycles. The van der Waals surface area contributed by atoms with Crippen LogP contribution in [-0.2, 0) is 4.79 Å². The fourth-order valence-corrected chi connectivity index (χ4v) is 1.79. The molecule has 0 aliphatic rings. The Balaban J connectivity index is 2.09. The van der Waals surface area contributed by atoms with Crippen LogP contribution in [-0.4, -0.2) is 22.5 Å². The Morgan fingerprint density at radius 1 is 1.05 bits per heavy atom. The zero-order valence-electron chi connectivity index (χ0n) is 12.3. The van der Waals surface area contributed by atoms with Gasteiger partial charge in [-0.25, -0.2) is 5.43 Å². The minimum atomic E-state index is -0.306. The van der Waals surface area contributed by atoms with E-state index < -0.39 is 0 Å². The van der Waals surface area contributed by atoms with E-state index >= 15 is 0 Å². The third kappa shape index (κ3) is 4.24. The molecule has 6 heteroatoms. The molecule has 2 amide bonds. The topological polar surface area (TPSA) is 83.5 Å². The number of carbonyl (C=O) groups is 2. The first kappa shape index (κ1) is 15.4. The Bertz CT molecular complexity index is 711. The van der Waals surface area contributed by atoms with Crippen molar-refractivity contribution in [1.82, 2.24) is 10.4 Å². The van der Waals surface area contributed by atoms with Gasteiger partial charge in [0.25, 0.3) is 5.91 Å². The van der Waals surface area contributed by atoms with E-state index in [4.69, 9.17) is 0 Å². The summed E-state index contributed by atoms with van der Waals surface area (Å²) in [5.74, 6) is -0.447. The summed E-state index contributed by atoms with van der Waals surface area (Å²) in [6, 6.07) is 10.5. The van der Waals surface area contributed by atoms with Crippen molar-refractivity contribution in [3.63, 3.8) is 0 Å². The first-order valence-corrected chi connectivity index (χ1v) is 6.69. The quantitative estimate of drug-likeness (QED) is 0.670. The summed E-state index contributed by atoms with van der Waals surface area (Å²) >= 11 is 0. The van der Waals surface area contributed by atoms with Gasteiger partial charge in [0.2, 0.25) is 5.91 Å². The second-order valence-corrected chi connectivity index (χ2v) is 4.64. The van der Waals surface area contributed by atoms with Gasteiger partial charge in [0.05, 0.1) is 5.71 Å². The fourth-order valence-electron chi connectivity index (χ4n) is 1.79. The lowest BCUT2D eigenvalue weighted by Crippen LogP contribution is -2.19. The number of nitrogens with zero attached hydrogens (tertiary/aromatic N) is 2. The molecule has 0 aliphatic carbocycles. The molecular formula is C16H16N4O2. The number of carbonyl (C=O) groups excluding carboxylic acids is 2. The third-order valence-electron chi connectivity index (χ3n) is 2.87. The van der Waals surface area contributed by atoms with Gasteiger partial charge in [-0.1, -0.05) is 12.1 Å². The van der Waals surface area contributed by atoms with Crippen LogP contribution in [0.1, 0.15) is 29.8 Å². The lowest BCUT2D eigenvalue weighted by atomic mass is 10.1. The van der Waals surface area contributed by atoms with Crippen LogP contribution in [0.15, 0.2) is 53.9 Å². The molecule has 6 nitrogen and oxygen atoms in total. The monoisotopic (exact) mass is 296 g/mol. The smallest absolute Gasteiger partial charge is 0.271 e. The normalized spacial score (nSPS) is 10.9. The highest BCUT2D eigenvalue weighted by molar-refractivity contribution is 6.02. The molecule has 2 aromatic rings. The van der Waals surface area contributed by atoms with E-state index in [9.17, 15) is 9.59 Å². The van der Waals surface area contributed by atoms with Crippen LogP contribution in [0.5, 0.6) is 0 Å². The lowest BCUT2D eigenvalue weighted by molar-refractivity contribution is -0.114.